The first-order valence-electron chi connectivity index (χ1n) is 9.65. The van der Waals surface area contributed by atoms with Gasteiger partial charge in [0.25, 0.3) is 4.84 Å². The summed E-state index contributed by atoms with van der Waals surface area (Å²) in [6.45, 7) is 10.5. The third-order valence-electron chi connectivity index (χ3n) is 4.53. The van der Waals surface area contributed by atoms with Crippen LogP contribution in [0.5, 0.6) is 0 Å². The molecule has 8 heteroatoms. The predicted molar refractivity (Wildman–Crippen MR) is 110 cm³/mol. The number of amides is 1. The van der Waals surface area contributed by atoms with E-state index < -0.39 is 0 Å². The summed E-state index contributed by atoms with van der Waals surface area (Å²) in [6, 6.07) is 10.1. The quantitative estimate of drug-likeness (QED) is 0.747. The minimum atomic E-state index is -0.195. The summed E-state index contributed by atoms with van der Waals surface area (Å²) in [5.74, 6) is 0.707. The second kappa shape index (κ2) is 8.98. The highest BCUT2D eigenvalue weighted by Gasteiger charge is 2.22. The maximum Gasteiger partial charge on any atom is 0.288 e. The van der Waals surface area contributed by atoms with Crippen molar-refractivity contribution in [2.24, 2.45) is 0 Å². The molecule has 0 atom stereocenters. The minimum Gasteiger partial charge on any atom is -0.414 e. The topological polar surface area (TPSA) is 66.5 Å². The Kier molecular flexibility index (Phi) is 6.64. The van der Waals surface area contributed by atoms with Crippen molar-refractivity contribution in [1.29, 1.82) is 0 Å². The zero-order chi connectivity index (χ0) is 20.1. The lowest BCUT2D eigenvalue weighted by molar-refractivity contribution is -0.124. The summed E-state index contributed by atoms with van der Waals surface area (Å²) in [5, 5.41) is 7.55. The van der Waals surface area contributed by atoms with E-state index in [9.17, 15) is 4.79 Å². The lowest BCUT2D eigenvalue weighted by Gasteiger charge is -2.34. The van der Waals surface area contributed by atoms with Gasteiger partial charge >= 0.3 is 0 Å². The Balaban J connectivity index is 1.48. The lowest BCUT2D eigenvalue weighted by Crippen LogP contribution is -2.51. The van der Waals surface area contributed by atoms with Gasteiger partial charge in [-0.25, -0.2) is 4.68 Å². The fourth-order valence-electron chi connectivity index (χ4n) is 3.22. The molecule has 1 aromatic heterocycles. The highest BCUT2D eigenvalue weighted by Crippen LogP contribution is 2.10. The van der Waals surface area contributed by atoms with Crippen LogP contribution < -0.4 is 5.32 Å². The average molecular weight is 404 g/mol. The maximum absolute atomic E-state index is 12.1. The average Bonchev–Trinajstić information content (AvgIpc) is 2.95. The molecule has 7 nitrogen and oxygen atoms in total. The van der Waals surface area contributed by atoms with Gasteiger partial charge in [0.1, 0.15) is 0 Å². The van der Waals surface area contributed by atoms with Crippen molar-refractivity contribution in [3.8, 4) is 0 Å². The van der Waals surface area contributed by atoms with Crippen molar-refractivity contribution in [3.05, 3.63) is 46.6 Å². The summed E-state index contributed by atoms with van der Waals surface area (Å²) in [4.78, 5) is 17.0. The molecule has 2 heterocycles. The Bertz CT molecular complexity index is 832. The second-order valence-electron chi connectivity index (χ2n) is 8.26. The molecule has 1 aromatic carbocycles. The molecule has 1 N–H and O–H groups in total. The van der Waals surface area contributed by atoms with Crippen LogP contribution >= 0.6 is 12.2 Å². The zero-order valence-electron chi connectivity index (χ0n) is 16.9. The number of hydrogen-bond donors (Lipinski definition) is 1. The van der Waals surface area contributed by atoms with Gasteiger partial charge in [0, 0.05) is 31.7 Å². The molecule has 1 amide bonds. The number of carbonyl (C=O) groups is 1. The van der Waals surface area contributed by atoms with Crippen LogP contribution in [0.15, 0.2) is 34.7 Å². The number of nitrogens with one attached hydrogen (secondary N) is 1. The minimum absolute atomic E-state index is 0.0743. The fraction of sp³-hybridized carbons (Fsp3) is 0.550. The normalized spacial score (nSPS) is 16.2. The van der Waals surface area contributed by atoms with Gasteiger partial charge < -0.3 is 9.73 Å². The van der Waals surface area contributed by atoms with E-state index in [0.717, 1.165) is 31.7 Å². The van der Waals surface area contributed by atoms with Gasteiger partial charge in [-0.05, 0) is 38.6 Å². The molecule has 1 aliphatic heterocycles. The number of benzene rings is 1. The Morgan fingerprint density at radius 3 is 2.43 bits per heavy atom. The lowest BCUT2D eigenvalue weighted by atomic mass is 10.1. The Hall–Kier alpha value is -2.03. The van der Waals surface area contributed by atoms with Crippen molar-refractivity contribution >= 4 is 18.1 Å². The molecule has 0 spiro atoms. The molecule has 0 unspecified atom stereocenters. The predicted octanol–water partition coefficient (Wildman–Crippen LogP) is 2.29. The highest BCUT2D eigenvalue weighted by molar-refractivity contribution is 7.71. The number of carbonyl (C=O) groups excluding carboxylic acids is 1. The van der Waals surface area contributed by atoms with Gasteiger partial charge in [0.05, 0.1) is 19.6 Å². The van der Waals surface area contributed by atoms with Crippen molar-refractivity contribution in [3.63, 3.8) is 0 Å². The molecular formula is C20H29N5O2S. The maximum atomic E-state index is 12.1. The molecular weight excluding hydrogens is 374 g/mol. The van der Waals surface area contributed by atoms with E-state index in [1.165, 1.54) is 0 Å². The molecule has 0 saturated carbocycles. The van der Waals surface area contributed by atoms with Crippen LogP contribution in [0.4, 0.5) is 0 Å². The van der Waals surface area contributed by atoms with E-state index in [1.807, 2.05) is 51.1 Å². The first-order chi connectivity index (χ1) is 13.3. The first-order valence-corrected chi connectivity index (χ1v) is 10.1. The third-order valence-corrected chi connectivity index (χ3v) is 4.82. The van der Waals surface area contributed by atoms with E-state index in [-0.39, 0.29) is 11.4 Å². The molecule has 28 heavy (non-hydrogen) atoms. The van der Waals surface area contributed by atoms with Crippen molar-refractivity contribution < 1.29 is 9.21 Å². The van der Waals surface area contributed by atoms with Crippen LogP contribution in [0.2, 0.25) is 0 Å². The van der Waals surface area contributed by atoms with Crippen LogP contribution in [0, 0.1) is 4.84 Å². The zero-order valence-corrected chi connectivity index (χ0v) is 17.7. The number of piperazine rings is 1. The second-order valence-corrected chi connectivity index (χ2v) is 8.61. The van der Waals surface area contributed by atoms with E-state index in [1.54, 1.807) is 4.68 Å². The molecule has 3 rings (SSSR count). The Labute approximate surface area is 171 Å². The van der Waals surface area contributed by atoms with E-state index >= 15 is 0 Å². The molecule has 1 aliphatic rings. The Morgan fingerprint density at radius 2 is 1.79 bits per heavy atom. The van der Waals surface area contributed by atoms with Crippen molar-refractivity contribution in [2.45, 2.75) is 39.4 Å². The van der Waals surface area contributed by atoms with Crippen molar-refractivity contribution in [1.82, 2.24) is 24.9 Å². The summed E-state index contributed by atoms with van der Waals surface area (Å²) in [5.41, 5.74) is 0.952. The summed E-state index contributed by atoms with van der Waals surface area (Å²) >= 11 is 5.33. The molecule has 0 aliphatic carbocycles. The third kappa shape index (κ3) is 6.25. The largest absolute Gasteiger partial charge is 0.414 e. The van der Waals surface area contributed by atoms with E-state index in [0.29, 0.717) is 30.4 Å². The molecule has 2 aromatic rings. The van der Waals surface area contributed by atoms with Crippen molar-refractivity contribution in [2.75, 3.05) is 32.7 Å². The van der Waals surface area contributed by atoms with Gasteiger partial charge in [-0.2, -0.15) is 0 Å². The van der Waals surface area contributed by atoms with Gasteiger partial charge in [-0.3, -0.25) is 14.6 Å². The number of hydrogen-bond acceptors (Lipinski definition) is 6. The highest BCUT2D eigenvalue weighted by atomic mass is 32.1. The number of nitrogens with zero attached hydrogens (tertiary/aromatic N) is 4. The van der Waals surface area contributed by atoms with E-state index in [4.69, 9.17) is 16.6 Å². The van der Waals surface area contributed by atoms with Crippen LogP contribution in [-0.2, 0) is 17.9 Å². The smallest absolute Gasteiger partial charge is 0.288 e. The van der Waals surface area contributed by atoms with Crippen LogP contribution in [0.3, 0.4) is 0 Å². The van der Waals surface area contributed by atoms with Crippen LogP contribution in [0.25, 0.3) is 0 Å². The summed E-state index contributed by atoms with van der Waals surface area (Å²) in [6.07, 6.45) is 0.633. The molecule has 152 valence electrons. The summed E-state index contributed by atoms with van der Waals surface area (Å²) in [7, 11) is 0. The molecule has 0 bridgehead atoms. The monoisotopic (exact) mass is 403 g/mol. The molecule has 0 radical (unpaired) electrons. The summed E-state index contributed by atoms with van der Waals surface area (Å²) < 4.78 is 7.40. The Morgan fingerprint density at radius 1 is 1.14 bits per heavy atom. The van der Waals surface area contributed by atoms with Gasteiger partial charge in [0.2, 0.25) is 11.8 Å². The van der Waals surface area contributed by atoms with Crippen LogP contribution in [-0.4, -0.2) is 63.8 Å². The van der Waals surface area contributed by atoms with Gasteiger partial charge in [-0.15, -0.1) is 5.10 Å². The first kappa shape index (κ1) is 20.7. The molecule has 1 saturated heterocycles. The van der Waals surface area contributed by atoms with E-state index in [2.05, 4.69) is 20.2 Å². The number of aromatic nitrogens is 2. The van der Waals surface area contributed by atoms with Crippen LogP contribution in [0.1, 0.15) is 32.2 Å². The molecule has 1 fully saturated rings. The van der Waals surface area contributed by atoms with Gasteiger partial charge in [-0.1, -0.05) is 30.3 Å². The fourth-order valence-corrected chi connectivity index (χ4v) is 3.41. The standard InChI is InChI=1S/C20H29N5O2S/c1-20(2,3)21-17(26)14-23-9-11-24(12-10-23)15-25-19(28)27-18(22-25)13-16-7-5-4-6-8-16/h4-8H,9-15H2,1-3H3,(H,21,26). The number of rotatable bonds is 6. The van der Waals surface area contributed by atoms with Gasteiger partial charge in [0.15, 0.2) is 0 Å². The SMILES string of the molecule is CC(C)(C)NC(=O)CN1CCN(Cn2nc(Cc3ccccc3)oc2=S)CC1.